The third kappa shape index (κ3) is 5.36. The van der Waals surface area contributed by atoms with Crippen LogP contribution in [0.15, 0.2) is 42.7 Å². The van der Waals surface area contributed by atoms with E-state index in [0.717, 1.165) is 32.2 Å². The molecule has 1 aliphatic carbocycles. The van der Waals surface area contributed by atoms with E-state index in [1.807, 2.05) is 18.7 Å². The topological polar surface area (TPSA) is 78.4 Å². The van der Waals surface area contributed by atoms with E-state index < -0.39 is 5.41 Å². The largest absolute Gasteiger partial charge is 0.342 e. The van der Waals surface area contributed by atoms with Gasteiger partial charge in [-0.05, 0) is 57.2 Å². The summed E-state index contributed by atoms with van der Waals surface area (Å²) in [6.45, 7) is 5.15. The second kappa shape index (κ2) is 9.86. The smallest absolute Gasteiger partial charge is 0.231 e. The van der Waals surface area contributed by atoms with Crippen molar-refractivity contribution in [3.63, 3.8) is 0 Å². The van der Waals surface area contributed by atoms with Gasteiger partial charge < -0.3 is 10.2 Å². The van der Waals surface area contributed by atoms with E-state index in [1.54, 1.807) is 0 Å². The molecule has 1 saturated carbocycles. The average Bonchev–Trinajstić information content (AvgIpc) is 3.13. The Kier molecular flexibility index (Phi) is 7.21. The molecule has 1 N–H and O–H groups in total. The van der Waals surface area contributed by atoms with Crippen molar-refractivity contribution in [2.24, 2.45) is 10.8 Å². The number of nitrogens with one attached hydrogen (secondary N) is 1. The lowest BCUT2D eigenvalue weighted by Crippen LogP contribution is -2.47. The van der Waals surface area contributed by atoms with Gasteiger partial charge in [0.15, 0.2) is 0 Å². The van der Waals surface area contributed by atoms with E-state index in [2.05, 4.69) is 64.6 Å². The van der Waals surface area contributed by atoms with Crippen LogP contribution in [0.5, 0.6) is 0 Å². The molecule has 2 amide bonds. The highest BCUT2D eigenvalue weighted by molar-refractivity contribution is 6.29. The van der Waals surface area contributed by atoms with Crippen LogP contribution >= 0.6 is 11.6 Å². The van der Waals surface area contributed by atoms with E-state index >= 15 is 0 Å². The van der Waals surface area contributed by atoms with Gasteiger partial charge in [-0.15, -0.1) is 0 Å². The van der Waals surface area contributed by atoms with Gasteiger partial charge in [-0.2, -0.15) is 0 Å². The number of likely N-dealkylation sites (tertiary alicyclic amines) is 1. The number of carbonyl (C=O) groups excluding carboxylic acids is 2. The van der Waals surface area contributed by atoms with Gasteiger partial charge in [-0.25, -0.2) is 9.97 Å². The van der Waals surface area contributed by atoms with E-state index in [1.165, 1.54) is 18.0 Å². The second-order valence-corrected chi connectivity index (χ2v) is 11.5. The third-order valence-electron chi connectivity index (χ3n) is 8.21. The molecule has 2 aromatic rings. The van der Waals surface area contributed by atoms with Crippen LogP contribution in [0.1, 0.15) is 57.9 Å². The van der Waals surface area contributed by atoms with Crippen molar-refractivity contribution in [3.8, 4) is 0 Å². The Morgan fingerprint density at radius 3 is 2.46 bits per heavy atom. The Bertz CT molecular complexity index is 1060. The number of aromatic nitrogens is 2. The molecule has 1 spiro atoms. The highest BCUT2D eigenvalue weighted by Crippen LogP contribution is 2.52. The lowest BCUT2D eigenvalue weighted by atomic mass is 9.64. The minimum absolute atomic E-state index is 0.0208. The number of benzene rings is 1. The van der Waals surface area contributed by atoms with Crippen molar-refractivity contribution in [1.29, 1.82) is 0 Å². The number of carbonyl (C=O) groups is 2. The Labute approximate surface area is 213 Å². The summed E-state index contributed by atoms with van der Waals surface area (Å²) in [6, 6.07) is 12.3. The first kappa shape index (κ1) is 25.6. The average molecular weight is 498 g/mol. The second-order valence-electron chi connectivity index (χ2n) is 11.1. The Morgan fingerprint density at radius 2 is 1.83 bits per heavy atom. The van der Waals surface area contributed by atoms with E-state index in [4.69, 9.17) is 11.6 Å². The first-order chi connectivity index (χ1) is 16.6. The third-order valence-corrected chi connectivity index (χ3v) is 8.41. The molecule has 2 heterocycles. The van der Waals surface area contributed by atoms with Crippen LogP contribution in [-0.4, -0.2) is 58.8 Å². The van der Waals surface area contributed by atoms with E-state index in [9.17, 15) is 9.59 Å². The number of hydrogen-bond acceptors (Lipinski definition) is 5. The van der Waals surface area contributed by atoms with Gasteiger partial charge in [0, 0.05) is 36.5 Å². The standard InChI is InChI=1S/C27H36ClN5O2/c1-25(2,24(35)31-22-16-21(28)29-19-30-22)14-15-33-18-26(17-23(33)34)10-12-27(13-11-26,32(3)4)20-8-6-5-7-9-20/h5-9,16,19H,10-15,17-18H2,1-4H3,(H,29,30,31,35). The molecule has 4 rings (SSSR count). The molecule has 35 heavy (non-hydrogen) atoms. The zero-order chi connectivity index (χ0) is 25.3. The molecule has 1 aromatic carbocycles. The van der Waals surface area contributed by atoms with Crippen molar-refractivity contribution in [2.45, 2.75) is 57.9 Å². The predicted molar refractivity (Wildman–Crippen MR) is 138 cm³/mol. The SMILES string of the molecule is CN(C)C1(c2ccccc2)CCC2(CC1)CC(=O)N(CCC(C)(C)C(=O)Nc1cc(Cl)ncn1)C2. The van der Waals surface area contributed by atoms with Crippen LogP contribution in [0.4, 0.5) is 5.82 Å². The van der Waals surface area contributed by atoms with E-state index in [-0.39, 0.29) is 27.9 Å². The summed E-state index contributed by atoms with van der Waals surface area (Å²) in [5.41, 5.74) is 0.759. The van der Waals surface area contributed by atoms with Gasteiger partial charge in [0.25, 0.3) is 0 Å². The Hall–Kier alpha value is -2.51. The molecular weight excluding hydrogens is 462 g/mol. The summed E-state index contributed by atoms with van der Waals surface area (Å²) >= 11 is 5.90. The fourth-order valence-corrected chi connectivity index (χ4v) is 5.82. The molecule has 1 aromatic heterocycles. The summed E-state index contributed by atoms with van der Waals surface area (Å²) in [5.74, 6) is 0.440. The first-order valence-corrected chi connectivity index (χ1v) is 12.7. The van der Waals surface area contributed by atoms with Gasteiger partial charge in [0.05, 0.1) is 0 Å². The highest BCUT2D eigenvalue weighted by atomic mass is 35.5. The summed E-state index contributed by atoms with van der Waals surface area (Å²) in [7, 11) is 4.33. The van der Waals surface area contributed by atoms with Crippen molar-refractivity contribution < 1.29 is 9.59 Å². The Morgan fingerprint density at radius 1 is 1.14 bits per heavy atom. The van der Waals surface area contributed by atoms with Crippen molar-refractivity contribution in [1.82, 2.24) is 19.8 Å². The van der Waals surface area contributed by atoms with Crippen LogP contribution in [-0.2, 0) is 15.1 Å². The van der Waals surface area contributed by atoms with Gasteiger partial charge in [0.1, 0.15) is 17.3 Å². The normalized spacial score (nSPS) is 24.9. The molecule has 0 atom stereocenters. The monoisotopic (exact) mass is 497 g/mol. The molecule has 7 nitrogen and oxygen atoms in total. The van der Waals surface area contributed by atoms with Gasteiger partial charge in [0.2, 0.25) is 11.8 Å². The van der Waals surface area contributed by atoms with Crippen molar-refractivity contribution >= 4 is 29.2 Å². The van der Waals surface area contributed by atoms with Crippen molar-refractivity contribution in [3.05, 3.63) is 53.4 Å². The van der Waals surface area contributed by atoms with Gasteiger partial charge in [-0.3, -0.25) is 14.5 Å². The van der Waals surface area contributed by atoms with Crippen LogP contribution in [0, 0.1) is 10.8 Å². The summed E-state index contributed by atoms with van der Waals surface area (Å²) < 4.78 is 0. The number of rotatable bonds is 7. The fraction of sp³-hybridized carbons (Fsp3) is 0.556. The Balaban J connectivity index is 1.36. The molecule has 1 saturated heterocycles. The number of halogens is 1. The minimum atomic E-state index is -0.659. The lowest BCUT2D eigenvalue weighted by molar-refractivity contribution is -0.130. The summed E-state index contributed by atoms with van der Waals surface area (Å²) in [6.07, 6.45) is 6.64. The lowest BCUT2D eigenvalue weighted by Gasteiger charge is -2.49. The van der Waals surface area contributed by atoms with E-state index in [0.29, 0.717) is 25.2 Å². The van der Waals surface area contributed by atoms with Crippen LogP contribution in [0.3, 0.4) is 0 Å². The van der Waals surface area contributed by atoms with Crippen LogP contribution < -0.4 is 5.32 Å². The van der Waals surface area contributed by atoms with Crippen LogP contribution in [0.25, 0.3) is 0 Å². The molecule has 2 aliphatic rings. The van der Waals surface area contributed by atoms with Crippen LogP contribution in [0.2, 0.25) is 5.15 Å². The molecule has 1 aliphatic heterocycles. The number of amides is 2. The summed E-state index contributed by atoms with van der Waals surface area (Å²) in [4.78, 5) is 38.1. The maximum atomic E-state index is 13.0. The molecule has 188 valence electrons. The van der Waals surface area contributed by atoms with Crippen molar-refractivity contribution in [2.75, 3.05) is 32.5 Å². The number of hydrogen-bond donors (Lipinski definition) is 1. The quantitative estimate of drug-likeness (QED) is 0.559. The fourth-order valence-electron chi connectivity index (χ4n) is 5.67. The molecule has 0 unspecified atom stereocenters. The zero-order valence-electron chi connectivity index (χ0n) is 21.2. The maximum Gasteiger partial charge on any atom is 0.231 e. The molecule has 2 fully saturated rings. The molecule has 0 radical (unpaired) electrons. The molecule has 0 bridgehead atoms. The van der Waals surface area contributed by atoms with Gasteiger partial charge in [-0.1, -0.05) is 55.8 Å². The van der Waals surface area contributed by atoms with Gasteiger partial charge >= 0.3 is 0 Å². The highest BCUT2D eigenvalue weighted by Gasteiger charge is 2.50. The predicted octanol–water partition coefficient (Wildman–Crippen LogP) is 4.73. The first-order valence-electron chi connectivity index (χ1n) is 12.4. The molecular formula is C27H36ClN5O2. The molecule has 8 heteroatoms. The maximum absolute atomic E-state index is 13.0. The number of nitrogens with zero attached hydrogens (tertiary/aromatic N) is 4. The minimum Gasteiger partial charge on any atom is -0.342 e. The summed E-state index contributed by atoms with van der Waals surface area (Å²) in [5, 5.41) is 3.10. The number of anilines is 1. The zero-order valence-corrected chi connectivity index (χ0v) is 21.9.